The van der Waals surface area contributed by atoms with Gasteiger partial charge in [-0.05, 0) is 20.8 Å². The highest BCUT2D eigenvalue weighted by molar-refractivity contribution is 6.01. The number of hydrazine groups is 1. The van der Waals surface area contributed by atoms with E-state index in [9.17, 15) is 9.59 Å². The third kappa shape index (κ3) is 4.44. The smallest absolute Gasteiger partial charge is 0.333 e. The van der Waals surface area contributed by atoms with Crippen LogP contribution in [0.3, 0.4) is 0 Å². The van der Waals surface area contributed by atoms with E-state index in [1.165, 1.54) is 0 Å². The second-order valence-electron chi connectivity index (χ2n) is 3.52. The monoisotopic (exact) mass is 189 g/mol. The van der Waals surface area contributed by atoms with E-state index in [1.807, 2.05) is 0 Å². The van der Waals surface area contributed by atoms with E-state index in [0.29, 0.717) is 0 Å². The summed E-state index contributed by atoms with van der Waals surface area (Å²) in [6, 6.07) is -1.37. The molecule has 76 valence electrons. The lowest BCUT2D eigenvalue weighted by Gasteiger charge is -2.21. The maximum Gasteiger partial charge on any atom is 0.333 e. The Bertz CT molecular complexity index is 210. The lowest BCUT2D eigenvalue weighted by Crippen LogP contribution is -2.50. The molecule has 1 amide bonds. The van der Waals surface area contributed by atoms with Crippen LogP contribution in [-0.2, 0) is 14.3 Å². The molecule has 5 N–H and O–H groups in total. The van der Waals surface area contributed by atoms with Crippen molar-refractivity contribution in [3.05, 3.63) is 0 Å². The van der Waals surface area contributed by atoms with E-state index in [4.69, 9.17) is 16.3 Å². The topological polar surface area (TPSA) is 107 Å². The first-order valence-electron chi connectivity index (χ1n) is 3.77. The molecule has 0 aromatic heterocycles. The van der Waals surface area contributed by atoms with Gasteiger partial charge in [-0.1, -0.05) is 0 Å². The number of hydrogen-bond donors (Lipinski definition) is 3. The zero-order valence-corrected chi connectivity index (χ0v) is 7.96. The van der Waals surface area contributed by atoms with Gasteiger partial charge in [0.1, 0.15) is 5.60 Å². The maximum atomic E-state index is 11.1. The third-order valence-corrected chi connectivity index (χ3v) is 1.09. The summed E-state index contributed by atoms with van der Waals surface area (Å²) in [5.41, 5.74) is 6.32. The predicted molar refractivity (Wildman–Crippen MR) is 46.2 cm³/mol. The van der Waals surface area contributed by atoms with Gasteiger partial charge in [0, 0.05) is 0 Å². The summed E-state index contributed by atoms with van der Waals surface area (Å²) in [6.07, 6.45) is 0. The summed E-state index contributed by atoms with van der Waals surface area (Å²) >= 11 is 0. The summed E-state index contributed by atoms with van der Waals surface area (Å²) in [5, 5.41) is 0. The van der Waals surface area contributed by atoms with E-state index in [1.54, 1.807) is 26.2 Å². The van der Waals surface area contributed by atoms with Crippen LogP contribution in [0.15, 0.2) is 0 Å². The predicted octanol–water partition coefficient (Wildman–Crippen LogP) is -1.35. The molecule has 0 aromatic rings. The van der Waals surface area contributed by atoms with Crippen LogP contribution in [0.1, 0.15) is 20.8 Å². The molecule has 13 heavy (non-hydrogen) atoms. The normalized spacial score (nSPS) is 13.3. The largest absolute Gasteiger partial charge is 0.458 e. The molecule has 0 heterocycles. The first kappa shape index (κ1) is 11.9. The van der Waals surface area contributed by atoms with Crippen LogP contribution in [-0.4, -0.2) is 23.5 Å². The molecular formula is C7H15N3O3. The Morgan fingerprint density at radius 1 is 1.38 bits per heavy atom. The number of esters is 1. The van der Waals surface area contributed by atoms with Gasteiger partial charge in [0.2, 0.25) is 0 Å². The fourth-order valence-electron chi connectivity index (χ4n) is 0.562. The van der Waals surface area contributed by atoms with E-state index >= 15 is 0 Å². The Kier molecular flexibility index (Phi) is 3.83. The van der Waals surface area contributed by atoms with Crippen molar-refractivity contribution < 1.29 is 14.3 Å². The Morgan fingerprint density at radius 3 is 2.15 bits per heavy atom. The highest BCUT2D eigenvalue weighted by Gasteiger charge is 2.26. The number of amides is 1. The average molecular weight is 189 g/mol. The van der Waals surface area contributed by atoms with Gasteiger partial charge < -0.3 is 10.5 Å². The van der Waals surface area contributed by atoms with Gasteiger partial charge in [-0.2, -0.15) is 0 Å². The highest BCUT2D eigenvalue weighted by Crippen LogP contribution is 2.07. The SMILES string of the molecule is CC(C)(C)OC(=O)C(N)C(=O)NN. The number of rotatable bonds is 2. The molecule has 0 saturated heterocycles. The molecule has 0 aromatic carbocycles. The van der Waals surface area contributed by atoms with Crippen LogP contribution < -0.4 is 17.0 Å². The summed E-state index contributed by atoms with van der Waals surface area (Å²) in [7, 11) is 0. The molecule has 6 nitrogen and oxygen atoms in total. The minimum atomic E-state index is -1.37. The van der Waals surface area contributed by atoms with Gasteiger partial charge in [-0.25, -0.2) is 10.6 Å². The molecular weight excluding hydrogens is 174 g/mol. The number of nitrogens with two attached hydrogens (primary N) is 2. The van der Waals surface area contributed by atoms with E-state index < -0.39 is 23.5 Å². The molecule has 0 fully saturated rings. The average Bonchev–Trinajstić information content (AvgIpc) is 1.98. The van der Waals surface area contributed by atoms with E-state index in [-0.39, 0.29) is 0 Å². The van der Waals surface area contributed by atoms with Gasteiger partial charge in [0.15, 0.2) is 6.04 Å². The fourth-order valence-corrected chi connectivity index (χ4v) is 0.562. The van der Waals surface area contributed by atoms with Crippen LogP contribution in [0, 0.1) is 0 Å². The minimum Gasteiger partial charge on any atom is -0.458 e. The van der Waals surface area contributed by atoms with Crippen LogP contribution in [0.2, 0.25) is 0 Å². The number of hydrogen-bond acceptors (Lipinski definition) is 5. The summed E-state index contributed by atoms with van der Waals surface area (Å²) < 4.78 is 4.84. The number of ether oxygens (including phenoxy) is 1. The quantitative estimate of drug-likeness (QED) is 0.163. The fraction of sp³-hybridized carbons (Fsp3) is 0.714. The molecule has 1 unspecified atom stereocenters. The van der Waals surface area contributed by atoms with Crippen molar-refractivity contribution in [3.63, 3.8) is 0 Å². The first-order valence-corrected chi connectivity index (χ1v) is 3.77. The first-order chi connectivity index (χ1) is 5.78. The third-order valence-electron chi connectivity index (χ3n) is 1.09. The molecule has 0 spiro atoms. The van der Waals surface area contributed by atoms with Crippen molar-refractivity contribution in [2.75, 3.05) is 0 Å². The lowest BCUT2D eigenvalue weighted by molar-refractivity contribution is -0.158. The molecule has 0 rings (SSSR count). The second-order valence-corrected chi connectivity index (χ2v) is 3.52. The van der Waals surface area contributed by atoms with Crippen LogP contribution in [0.4, 0.5) is 0 Å². The molecule has 6 heteroatoms. The van der Waals surface area contributed by atoms with Gasteiger partial charge >= 0.3 is 5.97 Å². The Morgan fingerprint density at radius 2 is 1.85 bits per heavy atom. The number of nitrogens with one attached hydrogen (secondary N) is 1. The lowest BCUT2D eigenvalue weighted by atomic mass is 10.2. The van der Waals surface area contributed by atoms with Crippen molar-refractivity contribution in [1.29, 1.82) is 0 Å². The maximum absolute atomic E-state index is 11.1. The zero-order chi connectivity index (χ0) is 10.6. The van der Waals surface area contributed by atoms with Crippen molar-refractivity contribution >= 4 is 11.9 Å². The van der Waals surface area contributed by atoms with Crippen molar-refractivity contribution in [2.24, 2.45) is 11.6 Å². The van der Waals surface area contributed by atoms with Crippen LogP contribution in [0.25, 0.3) is 0 Å². The van der Waals surface area contributed by atoms with Gasteiger partial charge in [-0.15, -0.1) is 0 Å². The zero-order valence-electron chi connectivity index (χ0n) is 7.96. The standard InChI is InChI=1S/C7H15N3O3/c1-7(2,3)13-6(12)4(8)5(11)10-9/h4H,8-9H2,1-3H3,(H,10,11). The van der Waals surface area contributed by atoms with E-state index in [0.717, 1.165) is 0 Å². The molecule has 0 saturated carbocycles. The molecule has 0 aliphatic rings. The molecule has 1 atom stereocenters. The summed E-state index contributed by atoms with van der Waals surface area (Å²) in [5.74, 6) is 3.22. The molecule has 0 aliphatic heterocycles. The van der Waals surface area contributed by atoms with Crippen molar-refractivity contribution in [3.8, 4) is 0 Å². The van der Waals surface area contributed by atoms with Gasteiger partial charge in [-0.3, -0.25) is 10.2 Å². The Labute approximate surface area is 76.6 Å². The number of carbonyl (C=O) groups excluding carboxylic acids is 2. The second kappa shape index (κ2) is 4.20. The van der Waals surface area contributed by atoms with Crippen molar-refractivity contribution in [2.45, 2.75) is 32.4 Å². The summed E-state index contributed by atoms with van der Waals surface area (Å²) in [4.78, 5) is 21.9. The minimum absolute atomic E-state index is 0.663. The highest BCUT2D eigenvalue weighted by atomic mass is 16.6. The Balaban J connectivity index is 4.20. The molecule has 0 aliphatic carbocycles. The van der Waals surface area contributed by atoms with E-state index in [2.05, 4.69) is 0 Å². The van der Waals surface area contributed by atoms with Gasteiger partial charge in [0.25, 0.3) is 5.91 Å². The Hall–Kier alpha value is -1.14. The molecule has 0 radical (unpaired) electrons. The van der Waals surface area contributed by atoms with Crippen molar-refractivity contribution in [1.82, 2.24) is 5.43 Å². The molecule has 0 bridgehead atoms. The summed E-state index contributed by atoms with van der Waals surface area (Å²) in [6.45, 7) is 5.04. The van der Waals surface area contributed by atoms with Gasteiger partial charge in [0.05, 0.1) is 0 Å². The number of carbonyl (C=O) groups is 2. The van der Waals surface area contributed by atoms with Crippen LogP contribution in [0.5, 0.6) is 0 Å². The van der Waals surface area contributed by atoms with Crippen LogP contribution >= 0.6 is 0 Å².